The van der Waals surface area contributed by atoms with Crippen LogP contribution in [0.25, 0.3) is 0 Å². The van der Waals surface area contributed by atoms with Gasteiger partial charge < -0.3 is 15.5 Å². The van der Waals surface area contributed by atoms with E-state index >= 15 is 0 Å². The minimum atomic E-state index is 0. The first-order chi connectivity index (χ1) is 10.8. The molecule has 7 heteroatoms. The summed E-state index contributed by atoms with van der Waals surface area (Å²) >= 11 is 0. The van der Waals surface area contributed by atoms with Crippen LogP contribution in [0, 0.1) is 0 Å². The van der Waals surface area contributed by atoms with Crippen LogP contribution in [-0.2, 0) is 13.6 Å². The van der Waals surface area contributed by atoms with Crippen molar-refractivity contribution in [3.05, 3.63) is 18.0 Å². The molecule has 0 spiro atoms. The fourth-order valence-electron chi connectivity index (χ4n) is 2.75. The molecule has 2 N–H and O–H groups in total. The van der Waals surface area contributed by atoms with Gasteiger partial charge in [-0.2, -0.15) is 5.10 Å². The van der Waals surface area contributed by atoms with Gasteiger partial charge in [0.15, 0.2) is 5.96 Å². The molecule has 1 aromatic rings. The number of guanidine groups is 1. The Balaban J connectivity index is 0.00000264. The number of aliphatic imine (C=N–C) groups is 1. The van der Waals surface area contributed by atoms with Gasteiger partial charge in [-0.1, -0.05) is 12.8 Å². The van der Waals surface area contributed by atoms with Gasteiger partial charge >= 0.3 is 0 Å². The highest BCUT2D eigenvalue weighted by Crippen LogP contribution is 2.08. The standard InChI is InChI=1S/C16H30N6.HI/c1-3-17-16(19-14-15-8-9-20-21(15)2)18-10-13-22-11-6-4-5-7-12-22;/h8-9H,3-7,10-14H2,1-2H3,(H2,17,18,19);1H. The number of hydrogen-bond donors (Lipinski definition) is 2. The predicted molar refractivity (Wildman–Crippen MR) is 106 cm³/mol. The molecule has 0 radical (unpaired) electrons. The van der Waals surface area contributed by atoms with E-state index in [-0.39, 0.29) is 24.0 Å². The van der Waals surface area contributed by atoms with E-state index in [9.17, 15) is 0 Å². The van der Waals surface area contributed by atoms with Crippen molar-refractivity contribution in [3.8, 4) is 0 Å². The summed E-state index contributed by atoms with van der Waals surface area (Å²) < 4.78 is 1.87. The van der Waals surface area contributed by atoms with Crippen LogP contribution in [-0.4, -0.2) is 53.4 Å². The molecule has 2 heterocycles. The van der Waals surface area contributed by atoms with Crippen molar-refractivity contribution >= 4 is 29.9 Å². The summed E-state index contributed by atoms with van der Waals surface area (Å²) in [7, 11) is 1.95. The lowest BCUT2D eigenvalue weighted by Gasteiger charge is -2.20. The fourth-order valence-corrected chi connectivity index (χ4v) is 2.75. The fraction of sp³-hybridized carbons (Fsp3) is 0.750. The van der Waals surface area contributed by atoms with Crippen LogP contribution in [0.3, 0.4) is 0 Å². The summed E-state index contributed by atoms with van der Waals surface area (Å²) in [6, 6.07) is 2.00. The minimum Gasteiger partial charge on any atom is -0.357 e. The smallest absolute Gasteiger partial charge is 0.191 e. The van der Waals surface area contributed by atoms with E-state index in [1.165, 1.54) is 38.8 Å². The largest absolute Gasteiger partial charge is 0.357 e. The Morgan fingerprint density at radius 1 is 1.22 bits per heavy atom. The van der Waals surface area contributed by atoms with E-state index in [2.05, 4.69) is 32.5 Å². The van der Waals surface area contributed by atoms with Crippen LogP contribution in [0.4, 0.5) is 0 Å². The third-order valence-electron chi connectivity index (χ3n) is 4.09. The average molecular weight is 434 g/mol. The second-order valence-electron chi connectivity index (χ2n) is 5.82. The van der Waals surface area contributed by atoms with Crippen LogP contribution in [0.2, 0.25) is 0 Å². The van der Waals surface area contributed by atoms with Gasteiger partial charge in [-0.3, -0.25) is 4.68 Å². The Morgan fingerprint density at radius 3 is 2.57 bits per heavy atom. The van der Waals surface area contributed by atoms with Crippen molar-refractivity contribution in [2.24, 2.45) is 12.0 Å². The molecule has 0 bridgehead atoms. The molecule has 0 aromatic carbocycles. The molecule has 0 unspecified atom stereocenters. The highest BCUT2D eigenvalue weighted by Gasteiger charge is 2.08. The van der Waals surface area contributed by atoms with E-state index in [0.29, 0.717) is 6.54 Å². The van der Waals surface area contributed by atoms with Crippen molar-refractivity contribution in [3.63, 3.8) is 0 Å². The first kappa shape index (κ1) is 20.2. The maximum Gasteiger partial charge on any atom is 0.191 e. The molecule has 0 amide bonds. The molecule has 132 valence electrons. The van der Waals surface area contributed by atoms with Gasteiger partial charge in [0.25, 0.3) is 0 Å². The summed E-state index contributed by atoms with van der Waals surface area (Å²) in [6.07, 6.45) is 7.27. The number of hydrogen-bond acceptors (Lipinski definition) is 3. The maximum absolute atomic E-state index is 4.63. The van der Waals surface area contributed by atoms with E-state index in [4.69, 9.17) is 0 Å². The van der Waals surface area contributed by atoms with Gasteiger partial charge in [0.1, 0.15) is 0 Å². The van der Waals surface area contributed by atoms with Crippen LogP contribution < -0.4 is 10.6 Å². The Bertz CT molecular complexity index is 451. The summed E-state index contributed by atoms with van der Waals surface area (Å²) in [4.78, 5) is 7.19. The van der Waals surface area contributed by atoms with Gasteiger partial charge in [0, 0.05) is 32.9 Å². The lowest BCUT2D eigenvalue weighted by atomic mass is 10.2. The molecule has 1 aromatic heterocycles. The Morgan fingerprint density at radius 2 is 1.96 bits per heavy atom. The Labute approximate surface area is 157 Å². The molecule has 2 rings (SSSR count). The third-order valence-corrected chi connectivity index (χ3v) is 4.09. The molecule has 0 aliphatic carbocycles. The van der Waals surface area contributed by atoms with E-state index in [1.54, 1.807) is 0 Å². The topological polar surface area (TPSA) is 57.5 Å². The SMILES string of the molecule is CCNC(=NCc1ccnn1C)NCCN1CCCCCC1.I. The average Bonchev–Trinajstić information content (AvgIpc) is 2.76. The number of likely N-dealkylation sites (tertiary alicyclic amines) is 1. The number of nitrogens with zero attached hydrogens (tertiary/aromatic N) is 4. The maximum atomic E-state index is 4.63. The van der Waals surface area contributed by atoms with Gasteiger partial charge in [0.2, 0.25) is 0 Å². The van der Waals surface area contributed by atoms with Gasteiger partial charge in [-0.15, -0.1) is 24.0 Å². The zero-order chi connectivity index (χ0) is 15.6. The quantitative estimate of drug-likeness (QED) is 0.409. The van der Waals surface area contributed by atoms with Gasteiger partial charge in [0.05, 0.1) is 12.2 Å². The molecule has 0 atom stereocenters. The lowest BCUT2D eigenvalue weighted by Crippen LogP contribution is -2.41. The third kappa shape index (κ3) is 7.52. The number of nitrogens with one attached hydrogen (secondary N) is 2. The number of aryl methyl sites for hydroxylation is 1. The van der Waals surface area contributed by atoms with Crippen LogP contribution in [0.1, 0.15) is 38.3 Å². The van der Waals surface area contributed by atoms with Crippen LogP contribution in [0.15, 0.2) is 17.3 Å². The van der Waals surface area contributed by atoms with Crippen molar-refractivity contribution in [1.29, 1.82) is 0 Å². The summed E-state index contributed by atoms with van der Waals surface area (Å²) in [6.45, 7) is 8.13. The Kier molecular flexibility index (Phi) is 10.3. The second kappa shape index (κ2) is 11.7. The molecule has 1 fully saturated rings. The number of aromatic nitrogens is 2. The van der Waals surface area contributed by atoms with E-state index in [1.807, 2.05) is 24.0 Å². The zero-order valence-corrected chi connectivity index (χ0v) is 16.8. The normalized spacial score (nSPS) is 16.5. The van der Waals surface area contributed by atoms with Crippen LogP contribution >= 0.6 is 24.0 Å². The Hall–Kier alpha value is -0.830. The first-order valence-corrected chi connectivity index (χ1v) is 8.51. The predicted octanol–water partition coefficient (Wildman–Crippen LogP) is 1.97. The summed E-state index contributed by atoms with van der Waals surface area (Å²) in [5.74, 6) is 0.888. The second-order valence-corrected chi connectivity index (χ2v) is 5.82. The van der Waals surface area contributed by atoms with Crippen molar-refractivity contribution in [2.45, 2.75) is 39.2 Å². The number of halogens is 1. The molecule has 1 aliphatic rings. The summed E-state index contributed by atoms with van der Waals surface area (Å²) in [5, 5.41) is 10.9. The molecule has 6 nitrogen and oxygen atoms in total. The molecular weight excluding hydrogens is 403 g/mol. The van der Waals surface area contributed by atoms with Crippen molar-refractivity contribution in [1.82, 2.24) is 25.3 Å². The molecule has 23 heavy (non-hydrogen) atoms. The molecule has 1 saturated heterocycles. The van der Waals surface area contributed by atoms with E-state index in [0.717, 1.165) is 31.3 Å². The van der Waals surface area contributed by atoms with E-state index < -0.39 is 0 Å². The minimum absolute atomic E-state index is 0. The summed E-state index contributed by atoms with van der Waals surface area (Å²) in [5.41, 5.74) is 1.12. The molecular formula is C16H31IN6. The highest BCUT2D eigenvalue weighted by atomic mass is 127. The van der Waals surface area contributed by atoms with Crippen molar-refractivity contribution in [2.75, 3.05) is 32.7 Å². The highest BCUT2D eigenvalue weighted by molar-refractivity contribution is 14.0. The van der Waals surface area contributed by atoms with Crippen molar-refractivity contribution < 1.29 is 0 Å². The molecule has 1 aliphatic heterocycles. The number of rotatable bonds is 6. The monoisotopic (exact) mass is 434 g/mol. The zero-order valence-electron chi connectivity index (χ0n) is 14.4. The van der Waals surface area contributed by atoms with Crippen LogP contribution in [0.5, 0.6) is 0 Å². The van der Waals surface area contributed by atoms with Gasteiger partial charge in [-0.05, 0) is 38.9 Å². The lowest BCUT2D eigenvalue weighted by molar-refractivity contribution is 0.289. The first-order valence-electron chi connectivity index (χ1n) is 8.51. The van der Waals surface area contributed by atoms with Gasteiger partial charge in [-0.25, -0.2) is 4.99 Å². The molecule has 0 saturated carbocycles.